The SMILES string of the molecule is O=C(/C=C/c1ccoc1)NC[C@@H](O)c1cccc2ccccc12. The van der Waals surface area contributed by atoms with Crippen molar-refractivity contribution >= 4 is 22.8 Å². The molecule has 0 radical (unpaired) electrons. The fourth-order valence-corrected chi connectivity index (χ4v) is 2.45. The van der Waals surface area contributed by atoms with E-state index in [9.17, 15) is 9.90 Å². The second-order valence-corrected chi connectivity index (χ2v) is 5.22. The molecule has 0 bridgehead atoms. The molecule has 3 aromatic rings. The number of amides is 1. The van der Waals surface area contributed by atoms with Crippen LogP contribution in [0.1, 0.15) is 17.2 Å². The number of carbonyl (C=O) groups is 1. The summed E-state index contributed by atoms with van der Waals surface area (Å²) in [6, 6.07) is 15.4. The number of aliphatic hydroxyl groups excluding tert-OH is 1. The number of benzene rings is 2. The first-order valence-electron chi connectivity index (χ1n) is 7.38. The summed E-state index contributed by atoms with van der Waals surface area (Å²) in [7, 11) is 0. The fraction of sp³-hybridized carbons (Fsp3) is 0.105. The molecule has 23 heavy (non-hydrogen) atoms. The molecule has 2 aromatic carbocycles. The van der Waals surface area contributed by atoms with Crippen molar-refractivity contribution in [2.75, 3.05) is 6.54 Å². The van der Waals surface area contributed by atoms with E-state index in [1.165, 1.54) is 6.08 Å². The maximum Gasteiger partial charge on any atom is 0.244 e. The Bertz CT molecular complexity index is 816. The Kier molecular flexibility index (Phi) is 4.54. The summed E-state index contributed by atoms with van der Waals surface area (Å²) in [5.74, 6) is -0.259. The van der Waals surface area contributed by atoms with Crippen LogP contribution in [0, 0.1) is 0 Å². The van der Waals surface area contributed by atoms with E-state index in [0.717, 1.165) is 21.9 Å². The highest BCUT2D eigenvalue weighted by molar-refractivity contribution is 5.91. The summed E-state index contributed by atoms with van der Waals surface area (Å²) in [5, 5.41) is 15.1. The zero-order valence-corrected chi connectivity index (χ0v) is 12.5. The summed E-state index contributed by atoms with van der Waals surface area (Å²) in [6.07, 6.45) is 5.41. The van der Waals surface area contributed by atoms with Crippen molar-refractivity contribution in [3.8, 4) is 0 Å². The van der Waals surface area contributed by atoms with Gasteiger partial charge >= 0.3 is 0 Å². The average Bonchev–Trinajstić information content (AvgIpc) is 3.11. The largest absolute Gasteiger partial charge is 0.472 e. The smallest absolute Gasteiger partial charge is 0.244 e. The molecule has 0 saturated heterocycles. The molecule has 1 atom stereocenters. The first kappa shape index (κ1) is 15.1. The number of aliphatic hydroxyl groups is 1. The highest BCUT2D eigenvalue weighted by Crippen LogP contribution is 2.23. The number of hydrogen-bond donors (Lipinski definition) is 2. The van der Waals surface area contributed by atoms with Crippen LogP contribution >= 0.6 is 0 Å². The van der Waals surface area contributed by atoms with Gasteiger partial charge in [0.2, 0.25) is 5.91 Å². The quantitative estimate of drug-likeness (QED) is 0.711. The number of hydrogen-bond acceptors (Lipinski definition) is 3. The third-order valence-corrected chi connectivity index (χ3v) is 3.62. The Hall–Kier alpha value is -2.85. The summed E-state index contributed by atoms with van der Waals surface area (Å²) in [6.45, 7) is 0.155. The third kappa shape index (κ3) is 3.67. The van der Waals surface area contributed by atoms with E-state index in [1.807, 2.05) is 42.5 Å². The lowest BCUT2D eigenvalue weighted by molar-refractivity contribution is -0.116. The lowest BCUT2D eigenvalue weighted by Gasteiger charge is -2.14. The molecule has 1 heterocycles. The molecule has 0 saturated carbocycles. The summed E-state index contributed by atoms with van der Waals surface area (Å²) < 4.78 is 4.92. The first-order valence-corrected chi connectivity index (χ1v) is 7.38. The van der Waals surface area contributed by atoms with Gasteiger partial charge in [0.25, 0.3) is 0 Å². The number of furan rings is 1. The van der Waals surface area contributed by atoms with Crippen molar-refractivity contribution in [3.05, 3.63) is 78.3 Å². The molecule has 2 N–H and O–H groups in total. The van der Waals surface area contributed by atoms with Gasteiger partial charge in [-0.15, -0.1) is 0 Å². The van der Waals surface area contributed by atoms with Gasteiger partial charge in [0.15, 0.2) is 0 Å². The summed E-state index contributed by atoms with van der Waals surface area (Å²) in [4.78, 5) is 11.8. The fourth-order valence-electron chi connectivity index (χ4n) is 2.45. The molecule has 116 valence electrons. The van der Waals surface area contributed by atoms with E-state index < -0.39 is 6.10 Å². The van der Waals surface area contributed by atoms with Crippen molar-refractivity contribution in [3.63, 3.8) is 0 Å². The minimum absolute atomic E-state index is 0.155. The Morgan fingerprint density at radius 3 is 2.83 bits per heavy atom. The van der Waals surface area contributed by atoms with Gasteiger partial charge in [-0.05, 0) is 28.5 Å². The molecule has 1 aromatic heterocycles. The van der Waals surface area contributed by atoms with Crippen LogP contribution in [0.2, 0.25) is 0 Å². The number of nitrogens with one attached hydrogen (secondary N) is 1. The molecule has 0 spiro atoms. The van der Waals surface area contributed by atoms with Crippen molar-refractivity contribution in [1.82, 2.24) is 5.32 Å². The van der Waals surface area contributed by atoms with Crippen LogP contribution in [-0.2, 0) is 4.79 Å². The normalized spacial score (nSPS) is 12.6. The van der Waals surface area contributed by atoms with E-state index in [0.29, 0.717) is 0 Å². The average molecular weight is 307 g/mol. The van der Waals surface area contributed by atoms with Crippen molar-refractivity contribution < 1.29 is 14.3 Å². The van der Waals surface area contributed by atoms with Crippen LogP contribution in [0.15, 0.2) is 71.6 Å². The molecule has 0 fully saturated rings. The number of fused-ring (bicyclic) bond motifs is 1. The van der Waals surface area contributed by atoms with E-state index in [2.05, 4.69) is 5.32 Å². The van der Waals surface area contributed by atoms with Crippen LogP contribution < -0.4 is 5.32 Å². The van der Waals surface area contributed by atoms with Gasteiger partial charge in [-0.3, -0.25) is 4.79 Å². The van der Waals surface area contributed by atoms with Crippen LogP contribution in [0.5, 0.6) is 0 Å². The molecule has 0 aliphatic carbocycles. The third-order valence-electron chi connectivity index (χ3n) is 3.62. The van der Waals surface area contributed by atoms with Gasteiger partial charge in [0.1, 0.15) is 0 Å². The minimum atomic E-state index is -0.757. The maximum atomic E-state index is 11.8. The summed E-state index contributed by atoms with van der Waals surface area (Å²) in [5.41, 5.74) is 1.62. The molecule has 0 unspecified atom stereocenters. The van der Waals surface area contributed by atoms with Gasteiger partial charge in [0, 0.05) is 18.2 Å². The predicted molar refractivity (Wildman–Crippen MR) is 89.7 cm³/mol. The van der Waals surface area contributed by atoms with E-state index in [4.69, 9.17) is 4.42 Å². The Morgan fingerprint density at radius 1 is 1.17 bits per heavy atom. The van der Waals surface area contributed by atoms with Gasteiger partial charge in [0.05, 0.1) is 18.6 Å². The minimum Gasteiger partial charge on any atom is -0.472 e. The molecule has 1 amide bonds. The van der Waals surface area contributed by atoms with Crippen LogP contribution in [-0.4, -0.2) is 17.6 Å². The van der Waals surface area contributed by atoms with Gasteiger partial charge in [-0.25, -0.2) is 0 Å². The maximum absolute atomic E-state index is 11.8. The molecular weight excluding hydrogens is 290 g/mol. The summed E-state index contributed by atoms with van der Waals surface area (Å²) >= 11 is 0. The van der Waals surface area contributed by atoms with Crippen molar-refractivity contribution in [2.45, 2.75) is 6.10 Å². The monoisotopic (exact) mass is 307 g/mol. The highest BCUT2D eigenvalue weighted by Gasteiger charge is 2.11. The van der Waals surface area contributed by atoms with Crippen molar-refractivity contribution in [1.29, 1.82) is 0 Å². The van der Waals surface area contributed by atoms with Crippen LogP contribution in [0.25, 0.3) is 16.8 Å². The molecule has 4 nitrogen and oxygen atoms in total. The molecule has 3 rings (SSSR count). The standard InChI is InChI=1S/C19H17NO3/c21-18(12-20-19(22)9-8-14-10-11-23-13-14)17-7-3-5-15-4-1-2-6-16(15)17/h1-11,13,18,21H,12H2,(H,20,22)/b9-8+/t18-/m1/s1. The lowest BCUT2D eigenvalue weighted by Crippen LogP contribution is -2.26. The highest BCUT2D eigenvalue weighted by atomic mass is 16.3. The van der Waals surface area contributed by atoms with E-state index in [-0.39, 0.29) is 12.5 Å². The van der Waals surface area contributed by atoms with Crippen molar-refractivity contribution in [2.24, 2.45) is 0 Å². The van der Waals surface area contributed by atoms with Gasteiger partial charge < -0.3 is 14.8 Å². The predicted octanol–water partition coefficient (Wildman–Crippen LogP) is 3.30. The zero-order valence-electron chi connectivity index (χ0n) is 12.5. The Labute approximate surface area is 134 Å². The number of rotatable bonds is 5. The molecule has 0 aliphatic rings. The van der Waals surface area contributed by atoms with Crippen LogP contribution in [0.4, 0.5) is 0 Å². The number of carbonyl (C=O) groups excluding carboxylic acids is 1. The first-order chi connectivity index (χ1) is 11.2. The Balaban J connectivity index is 1.64. The zero-order chi connectivity index (χ0) is 16.1. The van der Waals surface area contributed by atoms with E-state index >= 15 is 0 Å². The van der Waals surface area contributed by atoms with Gasteiger partial charge in [-0.2, -0.15) is 0 Å². The topological polar surface area (TPSA) is 62.5 Å². The van der Waals surface area contributed by atoms with E-state index in [1.54, 1.807) is 24.7 Å². The molecular formula is C19H17NO3. The van der Waals surface area contributed by atoms with Crippen LogP contribution in [0.3, 0.4) is 0 Å². The molecule has 0 aliphatic heterocycles. The Morgan fingerprint density at radius 2 is 2.00 bits per heavy atom. The lowest BCUT2D eigenvalue weighted by atomic mass is 10.0. The van der Waals surface area contributed by atoms with Gasteiger partial charge in [-0.1, -0.05) is 42.5 Å². The second-order valence-electron chi connectivity index (χ2n) is 5.22. The second kappa shape index (κ2) is 6.94. The molecule has 4 heteroatoms.